The zero-order chi connectivity index (χ0) is 10.6. The SMILES string of the molecule is COC(=O)c1ccc(C(O)CCl)nc1. The third-order valence-electron chi connectivity index (χ3n) is 1.70. The number of carbonyl (C=O) groups excluding carboxylic acids is 1. The number of aliphatic hydroxyl groups excluding tert-OH is 1. The Kier molecular flexibility index (Phi) is 3.85. The van der Waals surface area contributed by atoms with Gasteiger partial charge in [-0.15, -0.1) is 11.6 Å². The average molecular weight is 216 g/mol. The molecular formula is C9H10ClNO3. The standard InChI is InChI=1S/C9H10ClNO3/c1-14-9(13)6-2-3-7(11-5-6)8(12)4-10/h2-3,5,8,12H,4H2,1H3. The number of aliphatic hydroxyl groups is 1. The molecule has 0 aromatic carbocycles. The van der Waals surface area contributed by atoms with Crippen molar-refractivity contribution < 1.29 is 14.6 Å². The van der Waals surface area contributed by atoms with Gasteiger partial charge in [-0.05, 0) is 12.1 Å². The lowest BCUT2D eigenvalue weighted by molar-refractivity contribution is 0.0600. The summed E-state index contributed by atoms with van der Waals surface area (Å²) in [7, 11) is 1.30. The van der Waals surface area contributed by atoms with Crippen molar-refractivity contribution in [2.24, 2.45) is 0 Å². The highest BCUT2D eigenvalue weighted by atomic mass is 35.5. The van der Waals surface area contributed by atoms with Crippen LogP contribution < -0.4 is 0 Å². The molecule has 1 atom stereocenters. The van der Waals surface area contributed by atoms with Gasteiger partial charge in [0.25, 0.3) is 0 Å². The first kappa shape index (κ1) is 10.9. The van der Waals surface area contributed by atoms with Crippen molar-refractivity contribution in [1.82, 2.24) is 4.98 Å². The van der Waals surface area contributed by atoms with Crippen molar-refractivity contribution >= 4 is 17.6 Å². The first-order valence-corrected chi connectivity index (χ1v) is 4.50. The van der Waals surface area contributed by atoms with Crippen molar-refractivity contribution in [3.05, 3.63) is 29.6 Å². The number of methoxy groups -OCH3 is 1. The minimum absolute atomic E-state index is 0.0740. The molecule has 0 aliphatic heterocycles. The number of carbonyl (C=O) groups is 1. The number of hydrogen-bond donors (Lipinski definition) is 1. The maximum absolute atomic E-state index is 11.0. The molecule has 0 radical (unpaired) electrons. The van der Waals surface area contributed by atoms with Crippen LogP contribution in [0.15, 0.2) is 18.3 Å². The number of ether oxygens (including phenoxy) is 1. The first-order valence-electron chi connectivity index (χ1n) is 3.97. The number of esters is 1. The second-order valence-corrected chi connectivity index (χ2v) is 2.94. The summed E-state index contributed by atoms with van der Waals surface area (Å²) in [4.78, 5) is 14.9. The number of halogens is 1. The Morgan fingerprint density at radius 1 is 1.71 bits per heavy atom. The second kappa shape index (κ2) is 4.93. The molecule has 0 saturated carbocycles. The van der Waals surface area contributed by atoms with E-state index in [0.717, 1.165) is 0 Å². The van der Waals surface area contributed by atoms with Gasteiger partial charge in [-0.1, -0.05) is 0 Å². The molecule has 0 spiro atoms. The number of alkyl halides is 1. The van der Waals surface area contributed by atoms with Crippen LogP contribution in [0.25, 0.3) is 0 Å². The first-order chi connectivity index (χ1) is 6.69. The maximum atomic E-state index is 11.0. The van der Waals surface area contributed by atoms with Gasteiger partial charge >= 0.3 is 5.97 Å². The van der Waals surface area contributed by atoms with Gasteiger partial charge in [0, 0.05) is 6.20 Å². The van der Waals surface area contributed by atoms with Crippen LogP contribution in [0.3, 0.4) is 0 Å². The molecule has 0 aliphatic carbocycles. The summed E-state index contributed by atoms with van der Waals surface area (Å²) in [5.74, 6) is -0.380. The second-order valence-electron chi connectivity index (χ2n) is 2.63. The minimum atomic E-state index is -0.802. The highest BCUT2D eigenvalue weighted by molar-refractivity contribution is 6.18. The highest BCUT2D eigenvalue weighted by Gasteiger charge is 2.09. The largest absolute Gasteiger partial charge is 0.465 e. The van der Waals surface area contributed by atoms with Gasteiger partial charge in [-0.3, -0.25) is 4.98 Å². The van der Waals surface area contributed by atoms with Crippen molar-refractivity contribution in [2.75, 3.05) is 13.0 Å². The van der Waals surface area contributed by atoms with E-state index in [1.54, 1.807) is 6.07 Å². The molecule has 1 unspecified atom stereocenters. The Bertz CT molecular complexity index is 312. The zero-order valence-electron chi connectivity index (χ0n) is 7.61. The Labute approximate surface area is 86.5 Å². The molecule has 0 amide bonds. The molecule has 1 aromatic heterocycles. The van der Waals surface area contributed by atoms with Gasteiger partial charge in [0.2, 0.25) is 0 Å². The van der Waals surface area contributed by atoms with E-state index in [-0.39, 0.29) is 5.88 Å². The molecule has 0 saturated heterocycles. The summed E-state index contributed by atoms with van der Waals surface area (Å²) < 4.78 is 4.50. The van der Waals surface area contributed by atoms with E-state index in [9.17, 15) is 9.90 Å². The topological polar surface area (TPSA) is 59.4 Å². The van der Waals surface area contributed by atoms with Crippen LogP contribution in [0.2, 0.25) is 0 Å². The molecular weight excluding hydrogens is 206 g/mol. The van der Waals surface area contributed by atoms with E-state index < -0.39 is 12.1 Å². The lowest BCUT2D eigenvalue weighted by Gasteiger charge is -2.05. The Morgan fingerprint density at radius 2 is 2.43 bits per heavy atom. The number of pyridine rings is 1. The maximum Gasteiger partial charge on any atom is 0.339 e. The fourth-order valence-electron chi connectivity index (χ4n) is 0.920. The van der Waals surface area contributed by atoms with Crippen molar-refractivity contribution in [2.45, 2.75) is 6.10 Å². The Hall–Kier alpha value is -1.13. The number of nitrogens with zero attached hydrogens (tertiary/aromatic N) is 1. The van der Waals surface area contributed by atoms with Gasteiger partial charge < -0.3 is 9.84 Å². The van der Waals surface area contributed by atoms with E-state index in [1.165, 1.54) is 19.4 Å². The van der Waals surface area contributed by atoms with E-state index in [4.69, 9.17) is 11.6 Å². The van der Waals surface area contributed by atoms with Crippen LogP contribution >= 0.6 is 11.6 Å². The smallest absolute Gasteiger partial charge is 0.339 e. The predicted molar refractivity (Wildman–Crippen MR) is 51.3 cm³/mol. The van der Waals surface area contributed by atoms with Crippen LogP contribution in [0.5, 0.6) is 0 Å². The van der Waals surface area contributed by atoms with Crippen LogP contribution in [0.1, 0.15) is 22.2 Å². The molecule has 1 rings (SSSR count). The summed E-state index contributed by atoms with van der Waals surface area (Å²) in [6, 6.07) is 3.07. The molecule has 0 fully saturated rings. The lowest BCUT2D eigenvalue weighted by Crippen LogP contribution is -2.05. The van der Waals surface area contributed by atoms with Crippen molar-refractivity contribution in [1.29, 1.82) is 0 Å². The number of hydrogen-bond acceptors (Lipinski definition) is 4. The fraction of sp³-hybridized carbons (Fsp3) is 0.333. The molecule has 5 heteroatoms. The van der Waals surface area contributed by atoms with Gasteiger partial charge in [0.05, 0.1) is 24.2 Å². The quantitative estimate of drug-likeness (QED) is 0.607. The molecule has 14 heavy (non-hydrogen) atoms. The Balaban J connectivity index is 2.83. The third kappa shape index (κ3) is 2.43. The molecule has 1 N–H and O–H groups in total. The highest BCUT2D eigenvalue weighted by Crippen LogP contribution is 2.12. The minimum Gasteiger partial charge on any atom is -0.465 e. The molecule has 76 valence electrons. The molecule has 0 bridgehead atoms. The zero-order valence-corrected chi connectivity index (χ0v) is 8.36. The average Bonchev–Trinajstić information content (AvgIpc) is 2.27. The van der Waals surface area contributed by atoms with E-state index in [2.05, 4.69) is 9.72 Å². The monoisotopic (exact) mass is 215 g/mol. The summed E-state index contributed by atoms with van der Waals surface area (Å²) in [5, 5.41) is 9.31. The molecule has 4 nitrogen and oxygen atoms in total. The number of rotatable bonds is 3. The van der Waals surface area contributed by atoms with Crippen LogP contribution in [-0.2, 0) is 4.74 Å². The predicted octanol–water partition coefficient (Wildman–Crippen LogP) is 1.14. The summed E-state index contributed by atoms with van der Waals surface area (Å²) in [6.07, 6.45) is 0.542. The normalized spacial score (nSPS) is 12.2. The van der Waals surface area contributed by atoms with Gasteiger partial charge in [0.1, 0.15) is 6.10 Å². The van der Waals surface area contributed by atoms with Crippen LogP contribution in [0, 0.1) is 0 Å². The number of aromatic nitrogens is 1. The molecule has 1 aromatic rings. The van der Waals surface area contributed by atoms with Gasteiger partial charge in [-0.2, -0.15) is 0 Å². The molecule has 1 heterocycles. The van der Waals surface area contributed by atoms with Gasteiger partial charge in [-0.25, -0.2) is 4.79 Å². The van der Waals surface area contributed by atoms with Crippen molar-refractivity contribution in [3.8, 4) is 0 Å². The Morgan fingerprint density at radius 3 is 2.86 bits per heavy atom. The molecule has 0 aliphatic rings. The van der Waals surface area contributed by atoms with Gasteiger partial charge in [0.15, 0.2) is 0 Å². The van der Waals surface area contributed by atoms with Crippen LogP contribution in [0.4, 0.5) is 0 Å². The lowest BCUT2D eigenvalue weighted by atomic mass is 10.2. The van der Waals surface area contributed by atoms with Crippen LogP contribution in [-0.4, -0.2) is 29.0 Å². The summed E-state index contributed by atoms with van der Waals surface area (Å²) >= 11 is 5.43. The fourth-order valence-corrected chi connectivity index (χ4v) is 1.08. The summed E-state index contributed by atoms with van der Waals surface area (Å²) in [5.41, 5.74) is 0.783. The van der Waals surface area contributed by atoms with Crippen molar-refractivity contribution in [3.63, 3.8) is 0 Å². The van der Waals surface area contributed by atoms with E-state index >= 15 is 0 Å². The third-order valence-corrected chi connectivity index (χ3v) is 1.99. The van der Waals surface area contributed by atoms with E-state index in [0.29, 0.717) is 11.3 Å². The van der Waals surface area contributed by atoms with E-state index in [1.807, 2.05) is 0 Å². The summed E-state index contributed by atoms with van der Waals surface area (Å²) in [6.45, 7) is 0.